The van der Waals surface area contributed by atoms with Crippen LogP contribution in [0.15, 0.2) is 40.9 Å². The molecule has 1 aliphatic heterocycles. The Hall–Kier alpha value is -2.21. The van der Waals surface area contributed by atoms with Crippen molar-refractivity contribution in [3.63, 3.8) is 0 Å². The van der Waals surface area contributed by atoms with E-state index in [2.05, 4.69) is 21.2 Å². The van der Waals surface area contributed by atoms with Crippen molar-refractivity contribution in [2.45, 2.75) is 0 Å². The molecule has 2 aromatic carbocycles. The zero-order valence-corrected chi connectivity index (χ0v) is 11.8. The van der Waals surface area contributed by atoms with Crippen LogP contribution in [0.3, 0.4) is 0 Å². The fourth-order valence-corrected chi connectivity index (χ4v) is 2.08. The van der Waals surface area contributed by atoms with Crippen molar-refractivity contribution in [2.75, 3.05) is 12.1 Å². The number of benzene rings is 2. The maximum absolute atomic E-state index is 12.1. The SMILES string of the molecule is O=C(Nc1ccc2c(c1)OCO2)c1ccc(Br)c(O)c1. The second-order valence-electron chi connectivity index (χ2n) is 4.19. The normalized spacial score (nSPS) is 12.2. The van der Waals surface area contributed by atoms with E-state index in [0.29, 0.717) is 27.2 Å². The minimum Gasteiger partial charge on any atom is -0.507 e. The average Bonchev–Trinajstić information content (AvgIpc) is 2.89. The van der Waals surface area contributed by atoms with Crippen molar-refractivity contribution in [3.8, 4) is 17.2 Å². The van der Waals surface area contributed by atoms with E-state index >= 15 is 0 Å². The average molecular weight is 336 g/mol. The number of anilines is 1. The van der Waals surface area contributed by atoms with Gasteiger partial charge in [0, 0.05) is 17.3 Å². The minimum atomic E-state index is -0.313. The van der Waals surface area contributed by atoms with Gasteiger partial charge in [0.05, 0.1) is 4.47 Å². The van der Waals surface area contributed by atoms with Crippen molar-refractivity contribution in [1.29, 1.82) is 0 Å². The Bertz CT molecular complexity index is 687. The van der Waals surface area contributed by atoms with Crippen molar-refractivity contribution < 1.29 is 19.4 Å². The minimum absolute atomic E-state index is 0.0170. The number of ether oxygens (including phenoxy) is 2. The number of nitrogens with one attached hydrogen (secondary N) is 1. The second-order valence-corrected chi connectivity index (χ2v) is 5.04. The molecule has 0 fully saturated rings. The van der Waals surface area contributed by atoms with Crippen LogP contribution in [0.5, 0.6) is 17.2 Å². The van der Waals surface area contributed by atoms with Crippen LogP contribution in [0, 0.1) is 0 Å². The molecule has 0 aliphatic carbocycles. The molecular formula is C14H10BrNO4. The molecule has 2 N–H and O–H groups in total. The maximum Gasteiger partial charge on any atom is 0.255 e. The fourth-order valence-electron chi connectivity index (χ4n) is 1.83. The van der Waals surface area contributed by atoms with Gasteiger partial charge in [-0.1, -0.05) is 0 Å². The molecule has 1 heterocycles. The molecule has 0 aromatic heterocycles. The van der Waals surface area contributed by atoms with Crippen molar-refractivity contribution in [3.05, 3.63) is 46.4 Å². The van der Waals surface area contributed by atoms with E-state index in [1.807, 2.05) is 0 Å². The first-order chi connectivity index (χ1) is 9.63. The number of carbonyl (C=O) groups is 1. The van der Waals surface area contributed by atoms with E-state index in [1.54, 1.807) is 30.3 Å². The zero-order valence-electron chi connectivity index (χ0n) is 10.2. The van der Waals surface area contributed by atoms with Crippen LogP contribution < -0.4 is 14.8 Å². The van der Waals surface area contributed by atoms with Crippen molar-refractivity contribution in [2.24, 2.45) is 0 Å². The van der Waals surface area contributed by atoms with Gasteiger partial charge >= 0.3 is 0 Å². The summed E-state index contributed by atoms with van der Waals surface area (Å²) in [6, 6.07) is 9.78. The number of hydrogen-bond donors (Lipinski definition) is 2. The Morgan fingerprint density at radius 2 is 1.95 bits per heavy atom. The molecule has 0 spiro atoms. The van der Waals surface area contributed by atoms with Crippen LogP contribution in [0.25, 0.3) is 0 Å². The number of phenols is 1. The van der Waals surface area contributed by atoms with E-state index in [-0.39, 0.29) is 18.4 Å². The van der Waals surface area contributed by atoms with Gasteiger partial charge in [-0.25, -0.2) is 0 Å². The van der Waals surface area contributed by atoms with Gasteiger partial charge in [-0.05, 0) is 46.3 Å². The Morgan fingerprint density at radius 3 is 2.75 bits per heavy atom. The van der Waals surface area contributed by atoms with Crippen LogP contribution in [0.4, 0.5) is 5.69 Å². The molecule has 102 valence electrons. The van der Waals surface area contributed by atoms with Gasteiger partial charge in [0.2, 0.25) is 6.79 Å². The molecule has 1 aliphatic rings. The molecule has 0 saturated heterocycles. The summed E-state index contributed by atoms with van der Waals surface area (Å²) in [7, 11) is 0. The summed E-state index contributed by atoms with van der Waals surface area (Å²) in [6.45, 7) is 0.188. The molecule has 3 rings (SSSR count). The van der Waals surface area contributed by atoms with E-state index in [0.717, 1.165) is 0 Å². The second kappa shape index (κ2) is 5.05. The predicted molar refractivity (Wildman–Crippen MR) is 76.3 cm³/mol. The third kappa shape index (κ3) is 2.42. The van der Waals surface area contributed by atoms with Gasteiger partial charge in [0.1, 0.15) is 5.75 Å². The predicted octanol–water partition coefficient (Wildman–Crippen LogP) is 3.14. The van der Waals surface area contributed by atoms with Crippen LogP contribution in [-0.4, -0.2) is 17.8 Å². The maximum atomic E-state index is 12.1. The van der Waals surface area contributed by atoms with Gasteiger partial charge in [0.15, 0.2) is 11.5 Å². The highest BCUT2D eigenvalue weighted by Gasteiger charge is 2.15. The summed E-state index contributed by atoms with van der Waals surface area (Å²) < 4.78 is 11.0. The molecule has 2 aromatic rings. The van der Waals surface area contributed by atoms with E-state index in [1.165, 1.54) is 6.07 Å². The summed E-state index contributed by atoms with van der Waals surface area (Å²) in [6.07, 6.45) is 0. The van der Waals surface area contributed by atoms with E-state index < -0.39 is 0 Å². The Balaban J connectivity index is 1.80. The van der Waals surface area contributed by atoms with Crippen LogP contribution in [0.1, 0.15) is 10.4 Å². The zero-order chi connectivity index (χ0) is 14.1. The fraction of sp³-hybridized carbons (Fsp3) is 0.0714. The van der Waals surface area contributed by atoms with Gasteiger partial charge in [0.25, 0.3) is 5.91 Å². The summed E-state index contributed by atoms with van der Waals surface area (Å²) >= 11 is 3.17. The molecule has 20 heavy (non-hydrogen) atoms. The number of fused-ring (bicyclic) bond motifs is 1. The number of carbonyl (C=O) groups excluding carboxylic acids is 1. The molecule has 0 atom stereocenters. The largest absolute Gasteiger partial charge is 0.507 e. The summed E-state index contributed by atoms with van der Waals surface area (Å²) in [5.74, 6) is 0.959. The topological polar surface area (TPSA) is 67.8 Å². The molecule has 0 saturated carbocycles. The van der Waals surface area contributed by atoms with Gasteiger partial charge in [-0.15, -0.1) is 0 Å². The Morgan fingerprint density at radius 1 is 1.15 bits per heavy atom. The van der Waals surface area contributed by atoms with Crippen molar-refractivity contribution in [1.82, 2.24) is 0 Å². The number of phenolic OH excluding ortho intramolecular Hbond substituents is 1. The highest BCUT2D eigenvalue weighted by atomic mass is 79.9. The smallest absolute Gasteiger partial charge is 0.255 e. The molecule has 0 bridgehead atoms. The van der Waals surface area contributed by atoms with E-state index in [9.17, 15) is 9.90 Å². The quantitative estimate of drug-likeness (QED) is 0.884. The van der Waals surface area contributed by atoms with Crippen LogP contribution >= 0.6 is 15.9 Å². The number of aromatic hydroxyl groups is 1. The first-order valence-electron chi connectivity index (χ1n) is 5.83. The molecule has 1 amide bonds. The Labute approximate surface area is 123 Å². The lowest BCUT2D eigenvalue weighted by molar-refractivity contribution is 0.102. The lowest BCUT2D eigenvalue weighted by atomic mass is 10.2. The number of hydrogen-bond acceptors (Lipinski definition) is 4. The van der Waals surface area contributed by atoms with Crippen LogP contribution in [0.2, 0.25) is 0 Å². The molecule has 0 radical (unpaired) electrons. The monoisotopic (exact) mass is 335 g/mol. The number of rotatable bonds is 2. The third-order valence-corrected chi connectivity index (χ3v) is 3.51. The number of halogens is 1. The lowest BCUT2D eigenvalue weighted by Crippen LogP contribution is -2.11. The van der Waals surface area contributed by atoms with Gasteiger partial charge in [-0.3, -0.25) is 4.79 Å². The molecular weight excluding hydrogens is 326 g/mol. The van der Waals surface area contributed by atoms with Crippen LogP contribution in [-0.2, 0) is 0 Å². The third-order valence-electron chi connectivity index (χ3n) is 2.84. The summed E-state index contributed by atoms with van der Waals surface area (Å²) in [5.41, 5.74) is 0.963. The van der Waals surface area contributed by atoms with E-state index in [4.69, 9.17) is 9.47 Å². The molecule has 6 heteroatoms. The highest BCUT2D eigenvalue weighted by Crippen LogP contribution is 2.34. The number of amides is 1. The molecule has 0 unspecified atom stereocenters. The van der Waals surface area contributed by atoms with Crippen molar-refractivity contribution >= 4 is 27.5 Å². The first-order valence-corrected chi connectivity index (χ1v) is 6.62. The van der Waals surface area contributed by atoms with Gasteiger partial charge < -0.3 is 19.9 Å². The highest BCUT2D eigenvalue weighted by molar-refractivity contribution is 9.10. The standard InChI is InChI=1S/C14H10BrNO4/c15-10-3-1-8(5-11(10)17)14(18)16-9-2-4-12-13(6-9)20-7-19-12/h1-6,17H,7H2,(H,16,18). The summed E-state index contributed by atoms with van der Waals surface area (Å²) in [5, 5.41) is 12.3. The first kappa shape index (κ1) is 12.8. The Kier molecular flexibility index (Phi) is 3.23. The lowest BCUT2D eigenvalue weighted by Gasteiger charge is -2.07. The van der Waals surface area contributed by atoms with Gasteiger partial charge in [-0.2, -0.15) is 0 Å². The summed E-state index contributed by atoms with van der Waals surface area (Å²) in [4.78, 5) is 12.1. The molecule has 5 nitrogen and oxygen atoms in total.